The van der Waals surface area contributed by atoms with Crippen molar-refractivity contribution in [3.05, 3.63) is 41.0 Å². The van der Waals surface area contributed by atoms with Gasteiger partial charge in [0.05, 0.1) is 0 Å². The smallest absolute Gasteiger partial charge is 0.329 e. The predicted octanol–water partition coefficient (Wildman–Crippen LogP) is 3.37. The van der Waals surface area contributed by atoms with Gasteiger partial charge in [0.15, 0.2) is 11.5 Å². The molecular formula is C16H17ClN2O4. The van der Waals surface area contributed by atoms with Crippen molar-refractivity contribution >= 4 is 23.5 Å². The quantitative estimate of drug-likeness (QED) is 0.843. The average molecular weight is 337 g/mol. The molecule has 0 saturated carbocycles. The van der Waals surface area contributed by atoms with E-state index in [1.54, 1.807) is 24.3 Å². The second-order valence-electron chi connectivity index (χ2n) is 5.43. The molecule has 6 nitrogen and oxygen atoms in total. The van der Waals surface area contributed by atoms with Crippen LogP contribution in [-0.2, 0) is 4.79 Å². The summed E-state index contributed by atoms with van der Waals surface area (Å²) < 4.78 is 5.14. The SMILES string of the molecule is CCCC(C)(NC(=O)c1cc(-c2cccc(Cl)c2)on1)C(=O)O. The lowest BCUT2D eigenvalue weighted by molar-refractivity contribution is -0.144. The Morgan fingerprint density at radius 1 is 1.39 bits per heavy atom. The largest absolute Gasteiger partial charge is 0.480 e. The molecule has 1 unspecified atom stereocenters. The number of carbonyl (C=O) groups is 2. The van der Waals surface area contributed by atoms with Gasteiger partial charge >= 0.3 is 5.97 Å². The van der Waals surface area contributed by atoms with Crippen molar-refractivity contribution < 1.29 is 19.2 Å². The lowest BCUT2D eigenvalue weighted by Crippen LogP contribution is -2.52. The van der Waals surface area contributed by atoms with Crippen molar-refractivity contribution in [2.75, 3.05) is 0 Å². The Labute approximate surface area is 138 Å². The maximum atomic E-state index is 12.2. The van der Waals surface area contributed by atoms with E-state index in [4.69, 9.17) is 16.1 Å². The summed E-state index contributed by atoms with van der Waals surface area (Å²) in [4.78, 5) is 23.6. The topological polar surface area (TPSA) is 92.4 Å². The molecule has 0 aliphatic carbocycles. The van der Waals surface area contributed by atoms with Crippen LogP contribution in [0, 0.1) is 0 Å². The molecule has 2 aromatic rings. The first-order valence-corrected chi connectivity index (χ1v) is 7.52. The van der Waals surface area contributed by atoms with E-state index < -0.39 is 17.4 Å². The normalized spacial score (nSPS) is 13.3. The maximum absolute atomic E-state index is 12.2. The third-order valence-electron chi connectivity index (χ3n) is 3.46. The number of hydrogen-bond acceptors (Lipinski definition) is 4. The lowest BCUT2D eigenvalue weighted by Gasteiger charge is -2.25. The standard InChI is InChI=1S/C16H17ClN2O4/c1-3-7-16(2,15(21)22)18-14(20)12-9-13(23-19-12)10-5-4-6-11(17)8-10/h4-6,8-9H,3,7H2,1-2H3,(H,18,20)(H,21,22). The Balaban J connectivity index is 2.20. The van der Waals surface area contributed by atoms with Crippen LogP contribution in [0.2, 0.25) is 5.02 Å². The monoisotopic (exact) mass is 336 g/mol. The number of nitrogens with zero attached hydrogens (tertiary/aromatic N) is 1. The van der Waals surface area contributed by atoms with Crippen LogP contribution in [0.15, 0.2) is 34.9 Å². The second-order valence-corrected chi connectivity index (χ2v) is 5.86. The van der Waals surface area contributed by atoms with Crippen molar-refractivity contribution in [1.29, 1.82) is 0 Å². The first-order chi connectivity index (χ1) is 10.9. The molecule has 122 valence electrons. The summed E-state index contributed by atoms with van der Waals surface area (Å²) in [6.07, 6.45) is 0.933. The Morgan fingerprint density at radius 2 is 2.13 bits per heavy atom. The zero-order valence-electron chi connectivity index (χ0n) is 12.8. The summed E-state index contributed by atoms with van der Waals surface area (Å²) in [5.41, 5.74) is -0.650. The van der Waals surface area contributed by atoms with Gasteiger partial charge in [-0.3, -0.25) is 4.79 Å². The van der Waals surface area contributed by atoms with Gasteiger partial charge in [0.1, 0.15) is 5.54 Å². The Kier molecular flexibility index (Phi) is 5.05. The van der Waals surface area contributed by atoms with Crippen molar-refractivity contribution in [3.8, 4) is 11.3 Å². The number of carbonyl (C=O) groups excluding carboxylic acids is 1. The minimum atomic E-state index is -1.35. The molecule has 1 aromatic heterocycles. The number of carboxylic acids is 1. The first-order valence-electron chi connectivity index (χ1n) is 7.14. The lowest BCUT2D eigenvalue weighted by atomic mass is 9.96. The number of aliphatic carboxylic acids is 1. The summed E-state index contributed by atoms with van der Waals surface area (Å²) in [7, 11) is 0. The fourth-order valence-electron chi connectivity index (χ4n) is 2.20. The number of rotatable bonds is 6. The molecule has 1 atom stereocenters. The highest BCUT2D eigenvalue weighted by Gasteiger charge is 2.34. The van der Waals surface area contributed by atoms with E-state index in [1.807, 2.05) is 6.92 Å². The van der Waals surface area contributed by atoms with Gasteiger partial charge < -0.3 is 14.9 Å². The molecule has 0 saturated heterocycles. The fourth-order valence-corrected chi connectivity index (χ4v) is 2.39. The van der Waals surface area contributed by atoms with E-state index in [0.717, 1.165) is 0 Å². The highest BCUT2D eigenvalue weighted by molar-refractivity contribution is 6.30. The van der Waals surface area contributed by atoms with Crippen molar-refractivity contribution in [3.63, 3.8) is 0 Å². The first kappa shape index (κ1) is 17.0. The number of benzene rings is 1. The number of hydrogen-bond donors (Lipinski definition) is 2. The average Bonchev–Trinajstić information content (AvgIpc) is 2.97. The van der Waals surface area contributed by atoms with Gasteiger partial charge in [-0.2, -0.15) is 0 Å². The van der Waals surface area contributed by atoms with E-state index in [9.17, 15) is 14.7 Å². The van der Waals surface area contributed by atoms with E-state index in [2.05, 4.69) is 10.5 Å². The molecule has 1 aromatic carbocycles. The van der Waals surface area contributed by atoms with Crippen molar-refractivity contribution in [2.45, 2.75) is 32.2 Å². The highest BCUT2D eigenvalue weighted by Crippen LogP contribution is 2.23. The molecular weight excluding hydrogens is 320 g/mol. The minimum absolute atomic E-state index is 0.0172. The molecule has 0 bridgehead atoms. The Bertz CT molecular complexity index is 728. The van der Waals surface area contributed by atoms with Crippen LogP contribution in [-0.4, -0.2) is 27.7 Å². The van der Waals surface area contributed by atoms with Crippen molar-refractivity contribution in [2.24, 2.45) is 0 Å². The molecule has 0 aliphatic rings. The molecule has 7 heteroatoms. The van der Waals surface area contributed by atoms with Gasteiger partial charge in [0.25, 0.3) is 5.91 Å². The molecule has 2 rings (SSSR count). The summed E-state index contributed by atoms with van der Waals surface area (Å²) in [5.74, 6) is -1.31. The van der Waals surface area contributed by atoms with Gasteiger partial charge in [-0.1, -0.05) is 42.2 Å². The Hall–Kier alpha value is -2.34. The summed E-state index contributed by atoms with van der Waals surface area (Å²) in [5, 5.41) is 16.0. The van der Waals surface area contributed by atoms with Gasteiger partial charge in [0, 0.05) is 16.7 Å². The zero-order chi connectivity index (χ0) is 17.0. The predicted molar refractivity (Wildman–Crippen MR) is 85.4 cm³/mol. The summed E-state index contributed by atoms with van der Waals surface area (Å²) >= 11 is 5.91. The molecule has 0 aliphatic heterocycles. The second kappa shape index (κ2) is 6.83. The van der Waals surface area contributed by atoms with Crippen LogP contribution in [0.3, 0.4) is 0 Å². The molecule has 0 spiro atoms. The molecule has 2 N–H and O–H groups in total. The molecule has 1 amide bonds. The zero-order valence-corrected chi connectivity index (χ0v) is 13.6. The molecule has 0 radical (unpaired) electrons. The van der Waals surface area contributed by atoms with E-state index in [1.165, 1.54) is 13.0 Å². The van der Waals surface area contributed by atoms with Crippen LogP contribution in [0.25, 0.3) is 11.3 Å². The van der Waals surface area contributed by atoms with Crippen LogP contribution in [0.4, 0.5) is 0 Å². The summed E-state index contributed by atoms with van der Waals surface area (Å²) in [6, 6.07) is 8.38. The number of nitrogens with one attached hydrogen (secondary N) is 1. The van der Waals surface area contributed by atoms with Gasteiger partial charge in [0.2, 0.25) is 0 Å². The van der Waals surface area contributed by atoms with Crippen LogP contribution in [0.5, 0.6) is 0 Å². The van der Waals surface area contributed by atoms with Gasteiger partial charge in [-0.05, 0) is 25.5 Å². The number of carboxylic acid groups (broad SMARTS) is 1. The third kappa shape index (κ3) is 3.90. The molecule has 1 heterocycles. The third-order valence-corrected chi connectivity index (χ3v) is 3.70. The van der Waals surface area contributed by atoms with E-state index in [-0.39, 0.29) is 5.69 Å². The van der Waals surface area contributed by atoms with Gasteiger partial charge in [-0.15, -0.1) is 0 Å². The fraction of sp³-hybridized carbons (Fsp3) is 0.312. The Morgan fingerprint density at radius 3 is 2.74 bits per heavy atom. The van der Waals surface area contributed by atoms with Gasteiger partial charge in [-0.25, -0.2) is 4.79 Å². The molecule has 23 heavy (non-hydrogen) atoms. The number of amides is 1. The van der Waals surface area contributed by atoms with E-state index >= 15 is 0 Å². The number of aromatic nitrogens is 1. The van der Waals surface area contributed by atoms with Crippen molar-refractivity contribution in [1.82, 2.24) is 10.5 Å². The van der Waals surface area contributed by atoms with Crippen LogP contribution in [0.1, 0.15) is 37.2 Å². The van der Waals surface area contributed by atoms with Crippen LogP contribution >= 0.6 is 11.6 Å². The summed E-state index contributed by atoms with van der Waals surface area (Å²) in [6.45, 7) is 3.31. The van der Waals surface area contributed by atoms with Crippen LogP contribution < -0.4 is 5.32 Å². The maximum Gasteiger partial charge on any atom is 0.329 e. The van der Waals surface area contributed by atoms with E-state index in [0.29, 0.717) is 29.2 Å². The minimum Gasteiger partial charge on any atom is -0.480 e. The number of halogens is 1. The molecule has 0 fully saturated rings. The highest BCUT2D eigenvalue weighted by atomic mass is 35.5.